The maximum atomic E-state index is 12.4. The van der Waals surface area contributed by atoms with E-state index in [1.54, 1.807) is 17.0 Å². The number of rotatable bonds is 4. The zero-order chi connectivity index (χ0) is 18.4. The van der Waals surface area contributed by atoms with Crippen LogP contribution in [0, 0.1) is 5.92 Å². The lowest BCUT2D eigenvalue weighted by atomic mass is 9.90. The Morgan fingerprint density at radius 2 is 1.62 bits per heavy atom. The Hall–Kier alpha value is -2.33. The highest BCUT2D eigenvalue weighted by atomic mass is 35.5. The Morgan fingerprint density at radius 3 is 2.23 bits per heavy atom. The maximum absolute atomic E-state index is 12.4. The molecule has 4 nitrogen and oxygen atoms in total. The molecule has 0 spiro atoms. The van der Waals surface area contributed by atoms with Crippen LogP contribution in [0.25, 0.3) is 0 Å². The van der Waals surface area contributed by atoms with Crippen molar-refractivity contribution < 1.29 is 9.59 Å². The third-order valence-corrected chi connectivity index (χ3v) is 5.14. The van der Waals surface area contributed by atoms with E-state index in [0.29, 0.717) is 30.6 Å². The minimum Gasteiger partial charge on any atom is -0.334 e. The summed E-state index contributed by atoms with van der Waals surface area (Å²) in [5.74, 6) is -0.0484. The molecule has 1 aliphatic rings. The summed E-state index contributed by atoms with van der Waals surface area (Å²) in [6.45, 7) is 1.27. The van der Waals surface area contributed by atoms with E-state index in [1.807, 2.05) is 18.2 Å². The number of piperidine rings is 1. The van der Waals surface area contributed by atoms with Gasteiger partial charge in [-0.1, -0.05) is 42.5 Å². The lowest BCUT2D eigenvalue weighted by Gasteiger charge is -2.31. The summed E-state index contributed by atoms with van der Waals surface area (Å²) in [5, 5.41) is 2.67. The van der Waals surface area contributed by atoms with E-state index < -0.39 is 11.8 Å². The largest absolute Gasteiger partial charge is 0.334 e. The van der Waals surface area contributed by atoms with Gasteiger partial charge in [0.1, 0.15) is 0 Å². The van der Waals surface area contributed by atoms with Crippen molar-refractivity contribution in [3.8, 4) is 0 Å². The predicted molar refractivity (Wildman–Crippen MR) is 104 cm³/mol. The molecule has 26 heavy (non-hydrogen) atoms. The first-order valence-corrected chi connectivity index (χ1v) is 9.48. The lowest BCUT2D eigenvalue weighted by Crippen LogP contribution is -2.44. The predicted octanol–water partition coefficient (Wildman–Crippen LogP) is 3.85. The fourth-order valence-electron chi connectivity index (χ4n) is 3.29. The summed E-state index contributed by atoms with van der Waals surface area (Å²) in [5.41, 5.74) is 2.91. The van der Waals surface area contributed by atoms with Crippen LogP contribution in [0.1, 0.15) is 24.0 Å². The summed E-state index contributed by atoms with van der Waals surface area (Å²) < 4.78 is 0. The highest BCUT2D eigenvalue weighted by Crippen LogP contribution is 2.22. The molecule has 0 saturated carbocycles. The molecule has 1 N–H and O–H groups in total. The number of anilines is 1. The molecule has 2 aromatic rings. The molecule has 0 radical (unpaired) electrons. The molecule has 0 aromatic heterocycles. The highest BCUT2D eigenvalue weighted by Gasteiger charge is 2.27. The van der Waals surface area contributed by atoms with Crippen LogP contribution in [-0.2, 0) is 21.9 Å². The van der Waals surface area contributed by atoms with E-state index in [9.17, 15) is 9.59 Å². The van der Waals surface area contributed by atoms with Crippen molar-refractivity contribution >= 4 is 29.1 Å². The van der Waals surface area contributed by atoms with E-state index >= 15 is 0 Å². The van der Waals surface area contributed by atoms with Crippen molar-refractivity contribution in [1.82, 2.24) is 4.90 Å². The van der Waals surface area contributed by atoms with Crippen molar-refractivity contribution in [3.63, 3.8) is 0 Å². The monoisotopic (exact) mass is 370 g/mol. The van der Waals surface area contributed by atoms with Crippen molar-refractivity contribution in [3.05, 3.63) is 65.7 Å². The first-order chi connectivity index (χ1) is 12.7. The van der Waals surface area contributed by atoms with Gasteiger partial charge in [0.05, 0.1) is 0 Å². The van der Waals surface area contributed by atoms with Gasteiger partial charge >= 0.3 is 11.8 Å². The molecule has 0 unspecified atom stereocenters. The van der Waals surface area contributed by atoms with Gasteiger partial charge in [0.2, 0.25) is 0 Å². The Bertz CT molecular complexity index is 738. The van der Waals surface area contributed by atoms with Crippen LogP contribution >= 0.6 is 11.6 Å². The van der Waals surface area contributed by atoms with E-state index in [2.05, 4.69) is 29.6 Å². The molecular formula is C21H23ClN2O2. The van der Waals surface area contributed by atoms with Crippen LogP contribution in [0.3, 0.4) is 0 Å². The Balaban J connectivity index is 1.48. The second-order valence-electron chi connectivity index (χ2n) is 6.71. The standard InChI is InChI=1S/C21H23ClN2O2/c22-15-18-6-8-19(9-7-18)23-20(25)21(26)24-12-10-17(11-13-24)14-16-4-2-1-3-5-16/h1-9,17H,10-15H2,(H,23,25). The minimum absolute atomic E-state index is 0.422. The third kappa shape index (κ3) is 4.85. The number of likely N-dealkylation sites (tertiary alicyclic amines) is 1. The van der Waals surface area contributed by atoms with E-state index in [0.717, 1.165) is 24.8 Å². The quantitative estimate of drug-likeness (QED) is 0.656. The van der Waals surface area contributed by atoms with Crippen molar-refractivity contribution in [1.29, 1.82) is 0 Å². The first-order valence-electron chi connectivity index (χ1n) is 8.95. The Labute approximate surface area is 159 Å². The fraction of sp³-hybridized carbons (Fsp3) is 0.333. The smallest absolute Gasteiger partial charge is 0.313 e. The second kappa shape index (κ2) is 8.86. The Morgan fingerprint density at radius 1 is 0.962 bits per heavy atom. The lowest BCUT2D eigenvalue weighted by molar-refractivity contribution is -0.144. The van der Waals surface area contributed by atoms with Crippen molar-refractivity contribution in [2.75, 3.05) is 18.4 Å². The maximum Gasteiger partial charge on any atom is 0.313 e. The van der Waals surface area contributed by atoms with Gasteiger partial charge < -0.3 is 10.2 Å². The normalized spacial score (nSPS) is 14.9. The molecule has 1 fully saturated rings. The molecule has 0 atom stereocenters. The minimum atomic E-state index is -0.579. The zero-order valence-electron chi connectivity index (χ0n) is 14.7. The van der Waals surface area contributed by atoms with Gasteiger partial charge in [0.25, 0.3) is 0 Å². The summed E-state index contributed by atoms with van der Waals surface area (Å²) in [6.07, 6.45) is 2.89. The van der Waals surface area contributed by atoms with E-state index in [1.165, 1.54) is 5.56 Å². The van der Waals surface area contributed by atoms with Crippen LogP contribution in [-0.4, -0.2) is 29.8 Å². The number of amides is 2. The molecule has 1 heterocycles. The molecule has 1 saturated heterocycles. The number of carbonyl (C=O) groups is 2. The number of benzene rings is 2. The molecule has 5 heteroatoms. The van der Waals surface area contributed by atoms with Gasteiger partial charge in [-0.25, -0.2) is 0 Å². The first kappa shape index (κ1) is 18.5. The highest BCUT2D eigenvalue weighted by molar-refractivity contribution is 6.39. The molecule has 2 aromatic carbocycles. The van der Waals surface area contributed by atoms with Crippen LogP contribution in [0.15, 0.2) is 54.6 Å². The number of nitrogens with one attached hydrogen (secondary N) is 1. The third-order valence-electron chi connectivity index (χ3n) is 4.83. The number of halogens is 1. The van der Waals surface area contributed by atoms with Gasteiger partial charge in [-0.15, -0.1) is 11.6 Å². The molecule has 0 bridgehead atoms. The molecule has 0 aliphatic carbocycles. The molecule has 3 rings (SSSR count). The van der Waals surface area contributed by atoms with Crippen LogP contribution < -0.4 is 5.32 Å². The summed E-state index contributed by atoms with van der Waals surface area (Å²) >= 11 is 5.75. The fourth-order valence-corrected chi connectivity index (χ4v) is 3.47. The summed E-state index contributed by atoms with van der Waals surface area (Å²) in [4.78, 5) is 26.3. The van der Waals surface area contributed by atoms with Gasteiger partial charge in [-0.05, 0) is 48.4 Å². The molecule has 136 valence electrons. The van der Waals surface area contributed by atoms with Gasteiger partial charge in [-0.2, -0.15) is 0 Å². The SMILES string of the molecule is O=C(Nc1ccc(CCl)cc1)C(=O)N1CCC(Cc2ccccc2)CC1. The van der Waals surface area contributed by atoms with Gasteiger partial charge in [0, 0.05) is 24.7 Å². The summed E-state index contributed by atoms with van der Waals surface area (Å²) in [7, 11) is 0. The Kier molecular flexibility index (Phi) is 6.29. The topological polar surface area (TPSA) is 49.4 Å². The van der Waals surface area contributed by atoms with Gasteiger partial charge in [-0.3, -0.25) is 9.59 Å². The second-order valence-corrected chi connectivity index (χ2v) is 6.98. The molecule has 1 aliphatic heterocycles. The number of carbonyl (C=O) groups excluding carboxylic acids is 2. The number of hydrogen-bond acceptors (Lipinski definition) is 2. The van der Waals surface area contributed by atoms with E-state index in [4.69, 9.17) is 11.6 Å². The summed E-state index contributed by atoms with van der Waals surface area (Å²) in [6, 6.07) is 17.6. The molecular weight excluding hydrogens is 348 g/mol. The van der Waals surface area contributed by atoms with Crippen LogP contribution in [0.5, 0.6) is 0 Å². The van der Waals surface area contributed by atoms with E-state index in [-0.39, 0.29) is 0 Å². The zero-order valence-corrected chi connectivity index (χ0v) is 15.4. The number of nitrogens with zero attached hydrogens (tertiary/aromatic N) is 1. The van der Waals surface area contributed by atoms with Crippen LogP contribution in [0.4, 0.5) is 5.69 Å². The average Bonchev–Trinajstić information content (AvgIpc) is 2.69. The van der Waals surface area contributed by atoms with Crippen molar-refractivity contribution in [2.24, 2.45) is 5.92 Å². The van der Waals surface area contributed by atoms with Gasteiger partial charge in [0.15, 0.2) is 0 Å². The number of hydrogen-bond donors (Lipinski definition) is 1. The van der Waals surface area contributed by atoms with Crippen molar-refractivity contribution in [2.45, 2.75) is 25.1 Å². The number of alkyl halides is 1. The van der Waals surface area contributed by atoms with Crippen LogP contribution in [0.2, 0.25) is 0 Å². The average molecular weight is 371 g/mol. The molecule has 2 amide bonds.